The van der Waals surface area contributed by atoms with Crippen molar-refractivity contribution in [2.45, 2.75) is 6.92 Å². The Morgan fingerprint density at radius 2 is 2.12 bits per heavy atom. The van der Waals surface area contributed by atoms with E-state index < -0.39 is 0 Å². The molecule has 0 saturated heterocycles. The second-order valence-electron chi connectivity index (χ2n) is 3.39. The molecule has 0 unspecified atom stereocenters. The first kappa shape index (κ1) is 11.8. The second-order valence-corrected chi connectivity index (χ2v) is 5.59. The first-order valence-corrected chi connectivity index (χ1v) is 6.68. The zero-order valence-electron chi connectivity index (χ0n) is 8.46. The molecule has 0 fully saturated rings. The van der Waals surface area contributed by atoms with Crippen molar-refractivity contribution in [2.24, 2.45) is 0 Å². The van der Waals surface area contributed by atoms with E-state index in [1.807, 2.05) is 18.4 Å². The molecule has 0 aliphatic carbocycles. The molecule has 0 aliphatic heterocycles. The third-order valence-corrected chi connectivity index (χ3v) is 4.33. The standard InChI is InChI=1S/C12H8BrClOS/c1-7-6-8(14)2-3-9(7)11(15)12-10(13)4-5-16-12/h2-6H,1H3. The van der Waals surface area contributed by atoms with Gasteiger partial charge >= 0.3 is 0 Å². The van der Waals surface area contributed by atoms with Gasteiger partial charge in [-0.25, -0.2) is 0 Å². The lowest BCUT2D eigenvalue weighted by Crippen LogP contribution is -2.01. The average molecular weight is 316 g/mol. The van der Waals surface area contributed by atoms with Gasteiger partial charge in [0.1, 0.15) is 0 Å². The van der Waals surface area contributed by atoms with E-state index in [0.29, 0.717) is 10.6 Å². The molecule has 1 nitrogen and oxygen atoms in total. The van der Waals surface area contributed by atoms with Gasteiger partial charge in [0, 0.05) is 15.1 Å². The number of hydrogen-bond acceptors (Lipinski definition) is 2. The predicted octanol–water partition coefficient (Wildman–Crippen LogP) is 4.70. The molecule has 0 amide bonds. The highest BCUT2D eigenvalue weighted by molar-refractivity contribution is 9.10. The lowest BCUT2D eigenvalue weighted by Gasteiger charge is -2.04. The first-order chi connectivity index (χ1) is 7.59. The summed E-state index contributed by atoms with van der Waals surface area (Å²) in [6, 6.07) is 7.19. The van der Waals surface area contributed by atoms with E-state index in [1.54, 1.807) is 18.2 Å². The van der Waals surface area contributed by atoms with Gasteiger partial charge in [0.2, 0.25) is 5.78 Å². The van der Waals surface area contributed by atoms with Crippen molar-refractivity contribution in [1.82, 2.24) is 0 Å². The van der Waals surface area contributed by atoms with E-state index in [4.69, 9.17) is 11.6 Å². The molecular formula is C12H8BrClOS. The molecule has 0 N–H and O–H groups in total. The summed E-state index contributed by atoms with van der Waals surface area (Å²) in [6.07, 6.45) is 0. The highest BCUT2D eigenvalue weighted by atomic mass is 79.9. The molecule has 0 saturated carbocycles. The van der Waals surface area contributed by atoms with Crippen LogP contribution in [0.1, 0.15) is 20.8 Å². The van der Waals surface area contributed by atoms with Crippen LogP contribution >= 0.6 is 38.9 Å². The monoisotopic (exact) mass is 314 g/mol. The third kappa shape index (κ3) is 2.21. The Morgan fingerprint density at radius 1 is 1.38 bits per heavy atom. The van der Waals surface area contributed by atoms with Crippen molar-refractivity contribution >= 4 is 44.7 Å². The highest BCUT2D eigenvalue weighted by Gasteiger charge is 2.15. The topological polar surface area (TPSA) is 17.1 Å². The van der Waals surface area contributed by atoms with Gasteiger partial charge in [0.15, 0.2) is 0 Å². The molecule has 1 aromatic heterocycles. The highest BCUT2D eigenvalue weighted by Crippen LogP contribution is 2.27. The molecule has 2 rings (SSSR count). The van der Waals surface area contributed by atoms with Gasteiger partial charge in [-0.3, -0.25) is 4.79 Å². The fraction of sp³-hybridized carbons (Fsp3) is 0.0833. The number of carbonyl (C=O) groups is 1. The first-order valence-electron chi connectivity index (χ1n) is 4.63. The zero-order valence-corrected chi connectivity index (χ0v) is 11.6. The smallest absolute Gasteiger partial charge is 0.204 e. The number of rotatable bonds is 2. The van der Waals surface area contributed by atoms with Crippen LogP contribution in [0.2, 0.25) is 5.02 Å². The van der Waals surface area contributed by atoms with Crippen molar-refractivity contribution < 1.29 is 4.79 Å². The molecule has 2 aromatic rings. The van der Waals surface area contributed by atoms with Gasteiger partial charge in [-0.05, 0) is 58.1 Å². The maximum absolute atomic E-state index is 12.2. The summed E-state index contributed by atoms with van der Waals surface area (Å²) in [6.45, 7) is 1.89. The molecule has 0 bridgehead atoms. The minimum absolute atomic E-state index is 0.0380. The lowest BCUT2D eigenvalue weighted by atomic mass is 10.0. The number of aryl methyl sites for hydroxylation is 1. The average Bonchev–Trinajstić information content (AvgIpc) is 2.63. The lowest BCUT2D eigenvalue weighted by molar-refractivity contribution is 0.104. The molecule has 0 radical (unpaired) electrons. The van der Waals surface area contributed by atoms with E-state index in [0.717, 1.165) is 14.9 Å². The van der Waals surface area contributed by atoms with Crippen LogP contribution < -0.4 is 0 Å². The van der Waals surface area contributed by atoms with Crippen LogP contribution in [0.5, 0.6) is 0 Å². The van der Waals surface area contributed by atoms with E-state index >= 15 is 0 Å². The summed E-state index contributed by atoms with van der Waals surface area (Å²) in [7, 11) is 0. The Morgan fingerprint density at radius 3 is 2.69 bits per heavy atom. The van der Waals surface area contributed by atoms with Crippen molar-refractivity contribution in [3.63, 3.8) is 0 Å². The van der Waals surface area contributed by atoms with Gasteiger partial charge in [0.05, 0.1) is 4.88 Å². The second kappa shape index (κ2) is 4.70. The number of ketones is 1. The maximum Gasteiger partial charge on any atom is 0.204 e. The number of benzene rings is 1. The summed E-state index contributed by atoms with van der Waals surface area (Å²) < 4.78 is 0.844. The van der Waals surface area contributed by atoms with Crippen LogP contribution in [-0.4, -0.2) is 5.78 Å². The predicted molar refractivity (Wildman–Crippen MR) is 71.6 cm³/mol. The summed E-state index contributed by atoms with van der Waals surface area (Å²) in [5.74, 6) is 0.0380. The Bertz CT molecular complexity index is 548. The quantitative estimate of drug-likeness (QED) is 0.734. The van der Waals surface area contributed by atoms with Crippen molar-refractivity contribution in [2.75, 3.05) is 0 Å². The molecule has 16 heavy (non-hydrogen) atoms. The van der Waals surface area contributed by atoms with E-state index in [1.165, 1.54) is 11.3 Å². The summed E-state index contributed by atoms with van der Waals surface area (Å²) in [5, 5.41) is 2.54. The minimum atomic E-state index is 0.0380. The van der Waals surface area contributed by atoms with Gasteiger partial charge in [-0.1, -0.05) is 11.6 Å². The molecule has 0 spiro atoms. The number of halogens is 2. The molecule has 1 aromatic carbocycles. The molecule has 0 atom stereocenters. The summed E-state index contributed by atoms with van der Waals surface area (Å²) >= 11 is 10.7. The largest absolute Gasteiger partial charge is 0.288 e. The van der Waals surface area contributed by atoms with Crippen molar-refractivity contribution in [3.8, 4) is 0 Å². The van der Waals surface area contributed by atoms with Crippen LogP contribution in [0.25, 0.3) is 0 Å². The number of thiophene rings is 1. The molecule has 82 valence electrons. The van der Waals surface area contributed by atoms with Crippen LogP contribution in [0.15, 0.2) is 34.1 Å². The maximum atomic E-state index is 12.2. The van der Waals surface area contributed by atoms with Crippen molar-refractivity contribution in [3.05, 3.63) is 55.1 Å². The van der Waals surface area contributed by atoms with E-state index in [9.17, 15) is 4.79 Å². The Balaban J connectivity index is 2.46. The molecule has 1 heterocycles. The summed E-state index contributed by atoms with van der Waals surface area (Å²) in [4.78, 5) is 12.9. The molecular weight excluding hydrogens is 308 g/mol. The number of carbonyl (C=O) groups excluding carboxylic acids is 1. The van der Waals surface area contributed by atoms with E-state index in [-0.39, 0.29) is 5.78 Å². The Hall–Kier alpha value is -0.640. The van der Waals surface area contributed by atoms with Gasteiger partial charge < -0.3 is 0 Å². The summed E-state index contributed by atoms with van der Waals surface area (Å²) in [5.41, 5.74) is 1.60. The Labute approximate surface area is 111 Å². The normalized spacial score (nSPS) is 10.4. The van der Waals surface area contributed by atoms with Gasteiger partial charge in [0.25, 0.3) is 0 Å². The zero-order chi connectivity index (χ0) is 11.7. The van der Waals surface area contributed by atoms with Crippen LogP contribution in [0.4, 0.5) is 0 Å². The fourth-order valence-corrected chi connectivity index (χ4v) is 3.19. The van der Waals surface area contributed by atoms with E-state index in [2.05, 4.69) is 15.9 Å². The third-order valence-electron chi connectivity index (χ3n) is 2.26. The van der Waals surface area contributed by atoms with Crippen LogP contribution in [0.3, 0.4) is 0 Å². The Kier molecular flexibility index (Phi) is 3.47. The number of hydrogen-bond donors (Lipinski definition) is 0. The van der Waals surface area contributed by atoms with Crippen molar-refractivity contribution in [1.29, 1.82) is 0 Å². The fourth-order valence-electron chi connectivity index (χ4n) is 1.46. The van der Waals surface area contributed by atoms with Crippen LogP contribution in [-0.2, 0) is 0 Å². The minimum Gasteiger partial charge on any atom is -0.288 e. The van der Waals surface area contributed by atoms with Crippen LogP contribution in [0, 0.1) is 6.92 Å². The molecule has 4 heteroatoms. The SMILES string of the molecule is Cc1cc(Cl)ccc1C(=O)c1sccc1Br. The molecule has 0 aliphatic rings. The van der Waals surface area contributed by atoms with Gasteiger partial charge in [-0.15, -0.1) is 11.3 Å². The van der Waals surface area contributed by atoms with Gasteiger partial charge in [-0.2, -0.15) is 0 Å².